The van der Waals surface area contributed by atoms with E-state index in [4.69, 9.17) is 4.98 Å². The van der Waals surface area contributed by atoms with Gasteiger partial charge in [-0.2, -0.15) is 0 Å². The molecule has 0 aliphatic heterocycles. The molecule has 0 unspecified atom stereocenters. The highest BCUT2D eigenvalue weighted by atomic mass is 14.7. The Morgan fingerprint density at radius 1 is 0.441 bits per heavy atom. The summed E-state index contributed by atoms with van der Waals surface area (Å²) in [6.07, 6.45) is 1.96. The Hall–Kier alpha value is -4.56. The fourth-order valence-electron chi connectivity index (χ4n) is 4.99. The van der Waals surface area contributed by atoms with Crippen LogP contribution in [0, 0.1) is 0 Å². The number of para-hydroxylation sites is 2. The highest BCUT2D eigenvalue weighted by Crippen LogP contribution is 2.38. The molecule has 0 radical (unpaired) electrons. The van der Waals surface area contributed by atoms with Crippen LogP contribution in [0.25, 0.3) is 65.7 Å². The first-order chi connectivity index (χ1) is 16.8. The van der Waals surface area contributed by atoms with Crippen LogP contribution in [-0.4, -0.2) is 9.97 Å². The van der Waals surface area contributed by atoms with Gasteiger partial charge in [-0.05, 0) is 34.7 Å². The van der Waals surface area contributed by atoms with Crippen LogP contribution >= 0.6 is 0 Å². The maximum Gasteiger partial charge on any atom is 0.0794 e. The third-order valence-corrected chi connectivity index (χ3v) is 6.67. The van der Waals surface area contributed by atoms with E-state index in [-0.39, 0.29) is 0 Å². The first kappa shape index (κ1) is 19.0. The average Bonchev–Trinajstić information content (AvgIpc) is 2.91. The molecule has 2 heteroatoms. The standard InChI is InChI=1S/C32H20N2/c1-3-9-26-22(7-1)17-18-28-31(27-10-4-6-12-30(27)34-32(26)28)23-15-13-21(14-16-23)25-19-24-8-2-5-11-29(24)33-20-25/h1-20H. The van der Waals surface area contributed by atoms with Crippen molar-refractivity contribution in [3.8, 4) is 22.3 Å². The van der Waals surface area contributed by atoms with Crippen molar-refractivity contribution < 1.29 is 0 Å². The number of pyridine rings is 2. The van der Waals surface area contributed by atoms with E-state index in [1.54, 1.807) is 0 Å². The fourth-order valence-corrected chi connectivity index (χ4v) is 4.99. The topological polar surface area (TPSA) is 25.8 Å². The molecule has 0 aliphatic carbocycles. The summed E-state index contributed by atoms with van der Waals surface area (Å²) in [5.41, 5.74) is 7.80. The molecular weight excluding hydrogens is 412 g/mol. The van der Waals surface area contributed by atoms with Gasteiger partial charge in [-0.25, -0.2) is 4.98 Å². The fraction of sp³-hybridized carbons (Fsp3) is 0. The SMILES string of the molecule is c1ccc2ncc(-c3ccc(-c4c5ccccc5nc5c4ccc4ccccc45)cc3)cc2c1. The van der Waals surface area contributed by atoms with Gasteiger partial charge in [0.25, 0.3) is 0 Å². The maximum absolute atomic E-state index is 5.08. The van der Waals surface area contributed by atoms with E-state index in [0.29, 0.717) is 0 Å². The summed E-state index contributed by atoms with van der Waals surface area (Å²) in [4.78, 5) is 9.72. The maximum atomic E-state index is 5.08. The molecule has 0 atom stereocenters. The molecule has 0 aliphatic rings. The summed E-state index contributed by atoms with van der Waals surface area (Å²) in [5, 5.41) is 5.90. The predicted octanol–water partition coefficient (Wildman–Crippen LogP) is 8.42. The van der Waals surface area contributed by atoms with Crippen LogP contribution in [0.4, 0.5) is 0 Å². The zero-order valence-electron chi connectivity index (χ0n) is 18.4. The largest absolute Gasteiger partial charge is 0.256 e. The van der Waals surface area contributed by atoms with E-state index >= 15 is 0 Å². The summed E-state index contributed by atoms with van der Waals surface area (Å²) in [6, 6.07) is 40.6. The summed E-state index contributed by atoms with van der Waals surface area (Å²) in [6.45, 7) is 0. The minimum atomic E-state index is 1.02. The van der Waals surface area contributed by atoms with Crippen molar-refractivity contribution in [1.29, 1.82) is 0 Å². The van der Waals surface area contributed by atoms with Gasteiger partial charge in [0, 0.05) is 38.9 Å². The first-order valence-corrected chi connectivity index (χ1v) is 11.5. The molecule has 2 nitrogen and oxygen atoms in total. The number of hydrogen-bond acceptors (Lipinski definition) is 2. The lowest BCUT2D eigenvalue weighted by Crippen LogP contribution is -1.90. The van der Waals surface area contributed by atoms with Gasteiger partial charge >= 0.3 is 0 Å². The van der Waals surface area contributed by atoms with Crippen LogP contribution in [0.1, 0.15) is 0 Å². The Morgan fingerprint density at radius 3 is 1.97 bits per heavy atom. The molecule has 7 rings (SSSR count). The number of benzene rings is 5. The molecule has 0 amide bonds. The lowest BCUT2D eigenvalue weighted by Gasteiger charge is -2.13. The van der Waals surface area contributed by atoms with Gasteiger partial charge in [0.15, 0.2) is 0 Å². The van der Waals surface area contributed by atoms with Crippen molar-refractivity contribution in [2.24, 2.45) is 0 Å². The molecule has 0 spiro atoms. The summed E-state index contributed by atoms with van der Waals surface area (Å²) < 4.78 is 0. The van der Waals surface area contributed by atoms with E-state index in [0.717, 1.165) is 33.1 Å². The minimum absolute atomic E-state index is 1.02. The summed E-state index contributed by atoms with van der Waals surface area (Å²) in [7, 11) is 0. The smallest absolute Gasteiger partial charge is 0.0794 e. The lowest BCUT2D eigenvalue weighted by molar-refractivity contribution is 1.41. The van der Waals surface area contributed by atoms with Crippen molar-refractivity contribution in [2.75, 3.05) is 0 Å². The molecule has 34 heavy (non-hydrogen) atoms. The van der Waals surface area contributed by atoms with Crippen LogP contribution in [0.2, 0.25) is 0 Å². The highest BCUT2D eigenvalue weighted by molar-refractivity contribution is 6.16. The van der Waals surface area contributed by atoms with Gasteiger partial charge in [-0.15, -0.1) is 0 Å². The summed E-state index contributed by atoms with van der Waals surface area (Å²) >= 11 is 0. The molecule has 0 bridgehead atoms. The second-order valence-corrected chi connectivity index (χ2v) is 8.68. The van der Waals surface area contributed by atoms with Crippen molar-refractivity contribution >= 4 is 43.5 Å². The minimum Gasteiger partial charge on any atom is -0.256 e. The Labute approximate surface area is 197 Å². The molecular formula is C32H20N2. The molecule has 0 saturated heterocycles. The van der Waals surface area contributed by atoms with Gasteiger partial charge in [-0.1, -0.05) is 97.1 Å². The van der Waals surface area contributed by atoms with Gasteiger partial charge in [0.05, 0.1) is 16.6 Å². The van der Waals surface area contributed by atoms with E-state index in [1.807, 2.05) is 18.3 Å². The Bertz CT molecular complexity index is 1850. The zero-order valence-corrected chi connectivity index (χ0v) is 18.4. The quantitative estimate of drug-likeness (QED) is 0.202. The average molecular weight is 433 g/mol. The number of fused-ring (bicyclic) bond motifs is 5. The summed E-state index contributed by atoms with van der Waals surface area (Å²) in [5.74, 6) is 0. The molecule has 158 valence electrons. The predicted molar refractivity (Wildman–Crippen MR) is 143 cm³/mol. The Morgan fingerprint density at radius 2 is 1.12 bits per heavy atom. The van der Waals surface area contributed by atoms with Crippen molar-refractivity contribution in [3.05, 3.63) is 121 Å². The van der Waals surface area contributed by atoms with Crippen LogP contribution in [0.15, 0.2) is 121 Å². The Kier molecular flexibility index (Phi) is 4.18. The molecule has 2 heterocycles. The third kappa shape index (κ3) is 2.96. The molecule has 0 N–H and O–H groups in total. The molecule has 5 aromatic carbocycles. The first-order valence-electron chi connectivity index (χ1n) is 11.5. The van der Waals surface area contributed by atoms with Crippen LogP contribution in [0.5, 0.6) is 0 Å². The normalized spacial score (nSPS) is 11.5. The van der Waals surface area contributed by atoms with Crippen LogP contribution in [0.3, 0.4) is 0 Å². The van der Waals surface area contributed by atoms with Crippen LogP contribution < -0.4 is 0 Å². The zero-order chi connectivity index (χ0) is 22.5. The number of nitrogens with zero attached hydrogens (tertiary/aromatic N) is 2. The third-order valence-electron chi connectivity index (χ3n) is 6.67. The van der Waals surface area contributed by atoms with E-state index in [9.17, 15) is 0 Å². The van der Waals surface area contributed by atoms with E-state index in [1.165, 1.54) is 32.7 Å². The van der Waals surface area contributed by atoms with Gasteiger partial charge < -0.3 is 0 Å². The van der Waals surface area contributed by atoms with Crippen LogP contribution in [-0.2, 0) is 0 Å². The molecule has 2 aromatic heterocycles. The highest BCUT2D eigenvalue weighted by Gasteiger charge is 2.13. The number of aromatic nitrogens is 2. The monoisotopic (exact) mass is 432 g/mol. The Balaban J connectivity index is 1.44. The van der Waals surface area contributed by atoms with Crippen molar-refractivity contribution in [3.63, 3.8) is 0 Å². The van der Waals surface area contributed by atoms with Gasteiger partial charge in [0.1, 0.15) is 0 Å². The van der Waals surface area contributed by atoms with Gasteiger partial charge in [-0.3, -0.25) is 4.98 Å². The van der Waals surface area contributed by atoms with Crippen molar-refractivity contribution in [2.45, 2.75) is 0 Å². The second kappa shape index (κ2) is 7.50. The molecule has 0 fully saturated rings. The molecule has 0 saturated carbocycles. The van der Waals surface area contributed by atoms with E-state index < -0.39 is 0 Å². The van der Waals surface area contributed by atoms with E-state index in [2.05, 4.69) is 108 Å². The number of hydrogen-bond donors (Lipinski definition) is 0. The second-order valence-electron chi connectivity index (χ2n) is 8.68. The van der Waals surface area contributed by atoms with Crippen molar-refractivity contribution in [1.82, 2.24) is 9.97 Å². The van der Waals surface area contributed by atoms with Gasteiger partial charge in [0.2, 0.25) is 0 Å². The molecule has 7 aromatic rings. The number of rotatable bonds is 2. The lowest BCUT2D eigenvalue weighted by atomic mass is 9.93.